The van der Waals surface area contributed by atoms with Crippen LogP contribution < -0.4 is 10.1 Å². The Hall–Kier alpha value is -1.74. The first kappa shape index (κ1) is 16.6. The van der Waals surface area contributed by atoms with Gasteiger partial charge in [0, 0.05) is 22.3 Å². The van der Waals surface area contributed by atoms with Gasteiger partial charge in [0.2, 0.25) is 0 Å². The van der Waals surface area contributed by atoms with Crippen molar-refractivity contribution in [3.8, 4) is 5.75 Å². The summed E-state index contributed by atoms with van der Waals surface area (Å²) in [6.45, 7) is 8.80. The molecular formula is C19H22BrNO. The molecule has 0 aliphatic heterocycles. The zero-order chi connectivity index (χ0) is 16.1. The Morgan fingerprint density at radius 2 is 2.05 bits per heavy atom. The third kappa shape index (κ3) is 3.72. The van der Waals surface area contributed by atoms with Crippen LogP contribution in [0.15, 0.2) is 41.4 Å². The van der Waals surface area contributed by atoms with Crippen LogP contribution in [0.5, 0.6) is 5.75 Å². The van der Waals surface area contributed by atoms with Crippen molar-refractivity contribution in [2.75, 3.05) is 12.4 Å². The number of ether oxygens (including phenoxy) is 1. The minimum Gasteiger partial charge on any atom is -0.496 e. The Morgan fingerprint density at radius 3 is 2.68 bits per heavy atom. The van der Waals surface area contributed by atoms with Crippen molar-refractivity contribution in [3.05, 3.63) is 63.6 Å². The van der Waals surface area contributed by atoms with Gasteiger partial charge >= 0.3 is 0 Å². The fraction of sp³-hybridized carbons (Fsp3) is 0.263. The van der Waals surface area contributed by atoms with E-state index in [9.17, 15) is 0 Å². The highest BCUT2D eigenvalue weighted by Gasteiger charge is 2.07. The van der Waals surface area contributed by atoms with Gasteiger partial charge in [-0.15, -0.1) is 0 Å². The lowest BCUT2D eigenvalue weighted by Gasteiger charge is -2.14. The van der Waals surface area contributed by atoms with Crippen LogP contribution in [0, 0.1) is 6.92 Å². The SMILES string of the molecule is C=Cc1cc(C)c(NCc2ccc(CC)cc2OC)cc1Br. The van der Waals surface area contributed by atoms with Crippen LogP contribution >= 0.6 is 15.9 Å². The molecule has 2 aromatic carbocycles. The molecular weight excluding hydrogens is 338 g/mol. The quantitative estimate of drug-likeness (QED) is 0.726. The van der Waals surface area contributed by atoms with E-state index in [2.05, 4.69) is 72.0 Å². The number of hydrogen-bond donors (Lipinski definition) is 1. The van der Waals surface area contributed by atoms with E-state index in [4.69, 9.17) is 4.74 Å². The predicted octanol–water partition coefficient (Wildman–Crippen LogP) is 5.58. The van der Waals surface area contributed by atoms with E-state index in [0.29, 0.717) is 0 Å². The van der Waals surface area contributed by atoms with E-state index in [1.165, 1.54) is 11.1 Å². The highest BCUT2D eigenvalue weighted by molar-refractivity contribution is 9.10. The summed E-state index contributed by atoms with van der Waals surface area (Å²) in [5.74, 6) is 0.936. The van der Waals surface area contributed by atoms with Gasteiger partial charge in [0.05, 0.1) is 7.11 Å². The number of methoxy groups -OCH3 is 1. The minimum atomic E-state index is 0.730. The average Bonchev–Trinajstić information content (AvgIpc) is 2.54. The lowest BCUT2D eigenvalue weighted by molar-refractivity contribution is 0.410. The smallest absolute Gasteiger partial charge is 0.124 e. The molecule has 0 fully saturated rings. The molecule has 2 aromatic rings. The summed E-state index contributed by atoms with van der Waals surface area (Å²) in [7, 11) is 1.72. The summed E-state index contributed by atoms with van der Waals surface area (Å²) in [4.78, 5) is 0. The van der Waals surface area contributed by atoms with Gasteiger partial charge in [-0.2, -0.15) is 0 Å². The van der Waals surface area contributed by atoms with Gasteiger partial charge in [0.15, 0.2) is 0 Å². The number of aryl methyl sites for hydroxylation is 2. The standard InChI is InChI=1S/C19H22BrNO/c1-5-14-7-8-16(19(10-14)22-4)12-21-18-11-17(20)15(6-2)9-13(18)3/h6-11,21H,2,5,12H2,1,3-4H3. The Balaban J connectivity index is 2.20. The summed E-state index contributed by atoms with van der Waals surface area (Å²) < 4.78 is 6.55. The van der Waals surface area contributed by atoms with Gasteiger partial charge in [-0.05, 0) is 48.2 Å². The van der Waals surface area contributed by atoms with E-state index < -0.39 is 0 Å². The average molecular weight is 360 g/mol. The number of halogens is 1. The molecule has 0 amide bonds. The van der Waals surface area contributed by atoms with E-state index in [-0.39, 0.29) is 0 Å². The van der Waals surface area contributed by atoms with Crippen LogP contribution in [0.3, 0.4) is 0 Å². The number of benzene rings is 2. The Morgan fingerprint density at radius 1 is 1.27 bits per heavy atom. The third-order valence-corrected chi connectivity index (χ3v) is 4.48. The first-order valence-corrected chi connectivity index (χ1v) is 8.20. The number of anilines is 1. The van der Waals surface area contributed by atoms with E-state index >= 15 is 0 Å². The molecule has 116 valence electrons. The topological polar surface area (TPSA) is 21.3 Å². The van der Waals surface area contributed by atoms with Crippen LogP contribution in [-0.2, 0) is 13.0 Å². The van der Waals surface area contributed by atoms with Crippen molar-refractivity contribution in [2.24, 2.45) is 0 Å². The minimum absolute atomic E-state index is 0.730. The highest BCUT2D eigenvalue weighted by Crippen LogP contribution is 2.28. The molecule has 0 aliphatic rings. The van der Waals surface area contributed by atoms with Gasteiger partial charge in [0.1, 0.15) is 5.75 Å². The van der Waals surface area contributed by atoms with Gasteiger partial charge in [-0.3, -0.25) is 0 Å². The molecule has 3 heteroatoms. The summed E-state index contributed by atoms with van der Waals surface area (Å²) in [5, 5.41) is 3.49. The number of hydrogen-bond acceptors (Lipinski definition) is 2. The molecule has 0 unspecified atom stereocenters. The normalized spacial score (nSPS) is 10.4. The largest absolute Gasteiger partial charge is 0.496 e. The lowest BCUT2D eigenvalue weighted by Crippen LogP contribution is -2.04. The predicted molar refractivity (Wildman–Crippen MR) is 98.7 cm³/mol. The third-order valence-electron chi connectivity index (χ3n) is 3.79. The molecule has 0 radical (unpaired) electrons. The van der Waals surface area contributed by atoms with Crippen molar-refractivity contribution >= 4 is 27.7 Å². The molecule has 0 aromatic heterocycles. The van der Waals surface area contributed by atoms with Gasteiger partial charge in [-0.25, -0.2) is 0 Å². The fourth-order valence-corrected chi connectivity index (χ4v) is 2.90. The van der Waals surface area contributed by atoms with Crippen molar-refractivity contribution in [1.82, 2.24) is 0 Å². The van der Waals surface area contributed by atoms with Crippen LogP contribution in [-0.4, -0.2) is 7.11 Å². The van der Waals surface area contributed by atoms with E-state index in [1.807, 2.05) is 6.08 Å². The Labute approximate surface area is 141 Å². The van der Waals surface area contributed by atoms with Crippen LogP contribution in [0.1, 0.15) is 29.2 Å². The molecule has 0 saturated carbocycles. The number of nitrogens with one attached hydrogen (secondary N) is 1. The lowest BCUT2D eigenvalue weighted by atomic mass is 10.1. The summed E-state index contributed by atoms with van der Waals surface area (Å²) in [5.41, 5.74) is 5.85. The maximum atomic E-state index is 5.50. The Kier molecular flexibility index (Phi) is 5.67. The first-order valence-electron chi connectivity index (χ1n) is 7.41. The van der Waals surface area contributed by atoms with Crippen molar-refractivity contribution in [3.63, 3.8) is 0 Å². The van der Waals surface area contributed by atoms with Gasteiger partial charge in [0.25, 0.3) is 0 Å². The van der Waals surface area contributed by atoms with Crippen molar-refractivity contribution in [2.45, 2.75) is 26.8 Å². The maximum absolute atomic E-state index is 5.50. The summed E-state index contributed by atoms with van der Waals surface area (Å²) >= 11 is 3.58. The molecule has 0 bridgehead atoms. The molecule has 1 N–H and O–H groups in total. The molecule has 0 atom stereocenters. The second-order valence-electron chi connectivity index (χ2n) is 5.25. The molecule has 22 heavy (non-hydrogen) atoms. The monoisotopic (exact) mass is 359 g/mol. The van der Waals surface area contributed by atoms with Gasteiger partial charge < -0.3 is 10.1 Å². The molecule has 0 heterocycles. The zero-order valence-corrected chi connectivity index (χ0v) is 15.0. The van der Waals surface area contributed by atoms with Crippen LogP contribution in [0.4, 0.5) is 5.69 Å². The van der Waals surface area contributed by atoms with Crippen LogP contribution in [0.25, 0.3) is 6.08 Å². The fourth-order valence-electron chi connectivity index (χ4n) is 2.40. The summed E-state index contributed by atoms with van der Waals surface area (Å²) in [6.07, 6.45) is 2.87. The van der Waals surface area contributed by atoms with Gasteiger partial charge in [-0.1, -0.05) is 47.6 Å². The van der Waals surface area contributed by atoms with Crippen LogP contribution in [0.2, 0.25) is 0 Å². The van der Waals surface area contributed by atoms with Crippen molar-refractivity contribution in [1.29, 1.82) is 0 Å². The number of rotatable bonds is 6. The zero-order valence-electron chi connectivity index (χ0n) is 13.4. The second kappa shape index (κ2) is 7.50. The molecule has 2 rings (SSSR count). The molecule has 0 spiro atoms. The Bertz CT molecular complexity index is 679. The van der Waals surface area contributed by atoms with Crippen molar-refractivity contribution < 1.29 is 4.74 Å². The highest BCUT2D eigenvalue weighted by atomic mass is 79.9. The molecule has 0 saturated heterocycles. The van der Waals surface area contributed by atoms with E-state index in [0.717, 1.165) is 40.0 Å². The maximum Gasteiger partial charge on any atom is 0.124 e. The van der Waals surface area contributed by atoms with E-state index in [1.54, 1.807) is 7.11 Å². The summed E-state index contributed by atoms with van der Waals surface area (Å²) in [6, 6.07) is 10.6. The first-order chi connectivity index (χ1) is 10.6. The second-order valence-corrected chi connectivity index (χ2v) is 6.10. The molecule has 0 aliphatic carbocycles. The molecule has 2 nitrogen and oxygen atoms in total.